The second-order valence-electron chi connectivity index (χ2n) is 6.89. The largest absolute Gasteiger partial charge is 0.497 e. The lowest BCUT2D eigenvalue weighted by atomic mass is 10.2. The monoisotopic (exact) mass is 455 g/mol. The van der Waals surface area contributed by atoms with Crippen molar-refractivity contribution in [2.24, 2.45) is 0 Å². The molecule has 0 aliphatic carbocycles. The van der Waals surface area contributed by atoms with Crippen molar-refractivity contribution in [3.63, 3.8) is 0 Å². The second-order valence-corrected chi connectivity index (χ2v) is 7.81. The molecule has 7 nitrogen and oxygen atoms in total. The van der Waals surface area contributed by atoms with Crippen LogP contribution in [0, 0.1) is 6.92 Å². The van der Waals surface area contributed by atoms with Gasteiger partial charge in [0.05, 0.1) is 18.5 Å². The molecule has 0 radical (unpaired) electrons. The minimum absolute atomic E-state index is 0.0712. The van der Waals surface area contributed by atoms with Crippen LogP contribution in [0.15, 0.2) is 53.0 Å². The molecule has 4 rings (SSSR count). The van der Waals surface area contributed by atoms with Gasteiger partial charge in [-0.05, 0) is 49.4 Å². The molecule has 3 aromatic rings. The molecule has 1 aliphatic rings. The number of carbonyl (C=O) groups is 1. The Balaban J connectivity index is 1.44. The Hall–Kier alpha value is -2.87. The van der Waals surface area contributed by atoms with Gasteiger partial charge in [0.25, 0.3) is 5.91 Å². The minimum atomic E-state index is -0.0712. The number of aromatic nitrogens is 3. The first-order chi connectivity index (χ1) is 14.1. The number of halogens is 1. The zero-order valence-electron chi connectivity index (χ0n) is 16.4. The molecule has 1 aromatic heterocycles. The number of rotatable bonds is 4. The maximum atomic E-state index is 13.0. The first-order valence-electron chi connectivity index (χ1n) is 9.43. The molecule has 0 N–H and O–H groups in total. The lowest BCUT2D eigenvalue weighted by molar-refractivity contribution is 0.0740. The Morgan fingerprint density at radius 3 is 2.41 bits per heavy atom. The van der Waals surface area contributed by atoms with E-state index in [1.807, 2.05) is 60.4 Å². The van der Waals surface area contributed by atoms with Gasteiger partial charge < -0.3 is 14.5 Å². The van der Waals surface area contributed by atoms with E-state index >= 15 is 0 Å². The van der Waals surface area contributed by atoms with Crippen molar-refractivity contribution >= 4 is 27.5 Å². The number of hydrogen-bond acceptors (Lipinski definition) is 5. The number of amides is 1. The number of hydrogen-bond donors (Lipinski definition) is 0. The topological polar surface area (TPSA) is 63.5 Å². The quantitative estimate of drug-likeness (QED) is 0.603. The van der Waals surface area contributed by atoms with Gasteiger partial charge in [-0.2, -0.15) is 0 Å². The molecule has 29 heavy (non-hydrogen) atoms. The summed E-state index contributed by atoms with van der Waals surface area (Å²) in [6, 6.07) is 15.8. The van der Waals surface area contributed by atoms with E-state index < -0.39 is 0 Å². The highest BCUT2D eigenvalue weighted by atomic mass is 79.9. The van der Waals surface area contributed by atoms with Crippen molar-refractivity contribution in [3.8, 4) is 11.4 Å². The highest BCUT2D eigenvalue weighted by molar-refractivity contribution is 9.10. The van der Waals surface area contributed by atoms with Gasteiger partial charge in [-0.25, -0.2) is 4.68 Å². The van der Waals surface area contributed by atoms with Crippen LogP contribution in [0.5, 0.6) is 5.75 Å². The Labute approximate surface area is 178 Å². The van der Waals surface area contributed by atoms with Crippen LogP contribution in [-0.4, -0.2) is 59.1 Å². The molecule has 2 aromatic carbocycles. The van der Waals surface area contributed by atoms with E-state index in [9.17, 15) is 4.79 Å². The third-order valence-corrected chi connectivity index (χ3v) is 5.65. The first-order valence-corrected chi connectivity index (χ1v) is 10.2. The molecule has 0 spiro atoms. The number of methoxy groups -OCH3 is 1. The zero-order chi connectivity index (χ0) is 20.4. The van der Waals surface area contributed by atoms with E-state index in [4.69, 9.17) is 4.74 Å². The standard InChI is InChI=1S/C21H22BrN5O2/c1-15-20(23-24-27(15)18-5-3-4-16(22)14-18)21(28)26-12-10-25(11-13-26)17-6-8-19(29-2)9-7-17/h3-9,14H,10-13H2,1-2H3. The van der Waals surface area contributed by atoms with Gasteiger partial charge >= 0.3 is 0 Å². The van der Waals surface area contributed by atoms with Gasteiger partial charge in [0, 0.05) is 36.3 Å². The maximum absolute atomic E-state index is 13.0. The van der Waals surface area contributed by atoms with Crippen LogP contribution >= 0.6 is 15.9 Å². The fraction of sp³-hybridized carbons (Fsp3) is 0.286. The molecule has 0 atom stereocenters. The number of nitrogens with zero attached hydrogens (tertiary/aromatic N) is 5. The number of anilines is 1. The van der Waals surface area contributed by atoms with Crippen molar-refractivity contribution in [2.75, 3.05) is 38.2 Å². The molecule has 2 heterocycles. The van der Waals surface area contributed by atoms with Gasteiger partial charge in [-0.15, -0.1) is 5.10 Å². The summed E-state index contributed by atoms with van der Waals surface area (Å²) >= 11 is 3.47. The van der Waals surface area contributed by atoms with Gasteiger partial charge in [-0.3, -0.25) is 4.79 Å². The summed E-state index contributed by atoms with van der Waals surface area (Å²) in [6.07, 6.45) is 0. The molecular weight excluding hydrogens is 434 g/mol. The van der Waals surface area contributed by atoms with Crippen molar-refractivity contribution in [3.05, 3.63) is 64.4 Å². The fourth-order valence-electron chi connectivity index (χ4n) is 3.49. The van der Waals surface area contributed by atoms with E-state index in [0.717, 1.165) is 40.4 Å². The third kappa shape index (κ3) is 3.98. The van der Waals surface area contributed by atoms with Gasteiger partial charge in [-0.1, -0.05) is 27.2 Å². The van der Waals surface area contributed by atoms with Crippen molar-refractivity contribution in [1.82, 2.24) is 19.9 Å². The summed E-state index contributed by atoms with van der Waals surface area (Å²) in [6.45, 7) is 4.72. The number of benzene rings is 2. The average molecular weight is 456 g/mol. The average Bonchev–Trinajstić information content (AvgIpc) is 3.15. The summed E-state index contributed by atoms with van der Waals surface area (Å²) in [5.41, 5.74) is 3.15. The van der Waals surface area contributed by atoms with Crippen LogP contribution in [-0.2, 0) is 0 Å². The van der Waals surface area contributed by atoms with E-state index in [-0.39, 0.29) is 5.91 Å². The minimum Gasteiger partial charge on any atom is -0.497 e. The Kier molecular flexibility index (Phi) is 5.53. The van der Waals surface area contributed by atoms with Crippen molar-refractivity contribution in [1.29, 1.82) is 0 Å². The predicted octanol–water partition coefficient (Wildman–Crippen LogP) is 3.31. The van der Waals surface area contributed by atoms with Crippen molar-refractivity contribution in [2.45, 2.75) is 6.92 Å². The summed E-state index contributed by atoms with van der Waals surface area (Å²) in [5, 5.41) is 8.37. The molecule has 1 saturated heterocycles. The molecule has 0 saturated carbocycles. The molecule has 150 valence electrons. The van der Waals surface area contributed by atoms with Gasteiger partial charge in [0.1, 0.15) is 5.75 Å². The summed E-state index contributed by atoms with van der Waals surface area (Å²) in [5.74, 6) is 0.768. The van der Waals surface area contributed by atoms with Crippen LogP contribution in [0.3, 0.4) is 0 Å². The van der Waals surface area contributed by atoms with Gasteiger partial charge in [0.15, 0.2) is 5.69 Å². The molecule has 0 unspecified atom stereocenters. The third-order valence-electron chi connectivity index (χ3n) is 5.15. The van der Waals surface area contributed by atoms with Crippen LogP contribution in [0.4, 0.5) is 5.69 Å². The normalized spacial score (nSPS) is 14.2. The predicted molar refractivity (Wildman–Crippen MR) is 115 cm³/mol. The summed E-state index contributed by atoms with van der Waals surface area (Å²) in [7, 11) is 1.66. The number of ether oxygens (including phenoxy) is 1. The van der Waals surface area contributed by atoms with E-state index in [0.29, 0.717) is 18.8 Å². The highest BCUT2D eigenvalue weighted by Gasteiger charge is 2.26. The lowest BCUT2D eigenvalue weighted by Gasteiger charge is -2.35. The molecule has 8 heteroatoms. The Bertz CT molecular complexity index is 1010. The lowest BCUT2D eigenvalue weighted by Crippen LogP contribution is -2.49. The van der Waals surface area contributed by atoms with Gasteiger partial charge in [0.2, 0.25) is 0 Å². The van der Waals surface area contributed by atoms with Crippen LogP contribution < -0.4 is 9.64 Å². The Morgan fingerprint density at radius 2 is 1.76 bits per heavy atom. The maximum Gasteiger partial charge on any atom is 0.276 e. The number of carbonyl (C=O) groups excluding carboxylic acids is 1. The zero-order valence-corrected chi connectivity index (χ0v) is 18.0. The molecule has 1 fully saturated rings. The second kappa shape index (κ2) is 8.24. The molecule has 1 amide bonds. The van der Waals surface area contributed by atoms with Crippen LogP contribution in [0.25, 0.3) is 5.69 Å². The highest BCUT2D eigenvalue weighted by Crippen LogP contribution is 2.22. The summed E-state index contributed by atoms with van der Waals surface area (Å²) < 4.78 is 7.87. The van der Waals surface area contributed by atoms with Crippen molar-refractivity contribution < 1.29 is 9.53 Å². The Morgan fingerprint density at radius 1 is 1.03 bits per heavy atom. The summed E-state index contributed by atoms with van der Waals surface area (Å²) in [4.78, 5) is 17.1. The first kappa shape index (κ1) is 19.4. The smallest absolute Gasteiger partial charge is 0.276 e. The van der Waals surface area contributed by atoms with E-state index in [1.54, 1.807) is 11.8 Å². The fourth-order valence-corrected chi connectivity index (χ4v) is 3.88. The molecule has 0 bridgehead atoms. The SMILES string of the molecule is COc1ccc(N2CCN(C(=O)c3nnn(-c4cccc(Br)c4)c3C)CC2)cc1. The number of piperazine rings is 1. The molecule has 1 aliphatic heterocycles. The van der Waals surface area contributed by atoms with Crippen LogP contribution in [0.2, 0.25) is 0 Å². The van der Waals surface area contributed by atoms with E-state index in [1.165, 1.54) is 0 Å². The van der Waals surface area contributed by atoms with Crippen LogP contribution in [0.1, 0.15) is 16.2 Å². The molecular formula is C21H22BrN5O2. The van der Waals surface area contributed by atoms with E-state index in [2.05, 4.69) is 31.1 Å².